The molecule has 1 aromatic carbocycles. The van der Waals surface area contributed by atoms with Gasteiger partial charge in [0.15, 0.2) is 0 Å². The van der Waals surface area contributed by atoms with Crippen molar-refractivity contribution in [3.8, 4) is 0 Å². The van der Waals surface area contributed by atoms with E-state index in [1.54, 1.807) is 18.0 Å². The number of benzene rings is 1. The molecule has 4 nitrogen and oxygen atoms in total. The highest BCUT2D eigenvalue weighted by Crippen LogP contribution is 2.35. The lowest BCUT2D eigenvalue weighted by atomic mass is 9.86. The summed E-state index contributed by atoms with van der Waals surface area (Å²) in [5.41, 5.74) is 2.47. The molecule has 0 amide bonds. The van der Waals surface area contributed by atoms with Gasteiger partial charge in [-0.25, -0.2) is 4.31 Å². The van der Waals surface area contributed by atoms with Crippen LogP contribution in [0.5, 0.6) is 0 Å². The van der Waals surface area contributed by atoms with Crippen LogP contribution in [0, 0.1) is 13.8 Å². The van der Waals surface area contributed by atoms with E-state index in [4.69, 9.17) is 23.2 Å². The van der Waals surface area contributed by atoms with Crippen LogP contribution < -0.4 is 0 Å². The van der Waals surface area contributed by atoms with E-state index in [1.807, 2.05) is 30.8 Å². The zero-order valence-electron chi connectivity index (χ0n) is 14.7. The predicted molar refractivity (Wildman–Crippen MR) is 104 cm³/mol. The van der Waals surface area contributed by atoms with E-state index in [0.29, 0.717) is 16.5 Å². The molecule has 3 rings (SSSR count). The fraction of sp³-hybridized carbons (Fsp3) is 0.500. The second-order valence-corrected chi connectivity index (χ2v) is 8.73. The van der Waals surface area contributed by atoms with Gasteiger partial charge in [-0.1, -0.05) is 29.3 Å². The number of aryl methyl sites for hydroxylation is 2. The molecule has 1 aliphatic heterocycles. The van der Waals surface area contributed by atoms with Crippen LogP contribution >= 0.6 is 35.1 Å². The van der Waals surface area contributed by atoms with Crippen LogP contribution in [0.15, 0.2) is 23.1 Å². The van der Waals surface area contributed by atoms with E-state index in [9.17, 15) is 5.11 Å². The number of aromatic nitrogens is 2. The molecule has 1 fully saturated rings. The molecule has 2 aromatic rings. The monoisotopic (exact) mass is 399 g/mol. The summed E-state index contributed by atoms with van der Waals surface area (Å²) in [5, 5.41) is 16.7. The molecule has 0 bridgehead atoms. The summed E-state index contributed by atoms with van der Waals surface area (Å²) in [6, 6.07) is 5.47. The number of nitrogens with zero attached hydrogens (tertiary/aromatic N) is 3. The molecule has 2 heterocycles. The van der Waals surface area contributed by atoms with Crippen LogP contribution in [0.2, 0.25) is 10.0 Å². The lowest BCUT2D eigenvalue weighted by Crippen LogP contribution is -2.43. The Morgan fingerprint density at radius 1 is 1.24 bits per heavy atom. The molecule has 1 aliphatic rings. The summed E-state index contributed by atoms with van der Waals surface area (Å²) in [6.45, 7) is 5.80. The Morgan fingerprint density at radius 2 is 1.92 bits per heavy atom. The Morgan fingerprint density at radius 3 is 2.48 bits per heavy atom. The van der Waals surface area contributed by atoms with Crippen molar-refractivity contribution in [2.24, 2.45) is 7.05 Å². The maximum absolute atomic E-state index is 11.0. The van der Waals surface area contributed by atoms with Crippen LogP contribution in [0.1, 0.15) is 29.8 Å². The second-order valence-electron chi connectivity index (χ2n) is 6.78. The topological polar surface area (TPSA) is 41.3 Å². The van der Waals surface area contributed by atoms with Gasteiger partial charge >= 0.3 is 0 Å². The first-order valence-electron chi connectivity index (χ1n) is 8.37. The summed E-state index contributed by atoms with van der Waals surface area (Å²) < 4.78 is 4.23. The van der Waals surface area contributed by atoms with Crippen LogP contribution in [-0.2, 0) is 13.5 Å². The van der Waals surface area contributed by atoms with Crippen molar-refractivity contribution >= 4 is 35.1 Å². The molecule has 1 aromatic heterocycles. The van der Waals surface area contributed by atoms with Crippen molar-refractivity contribution in [2.75, 3.05) is 13.1 Å². The quantitative estimate of drug-likeness (QED) is 0.772. The van der Waals surface area contributed by atoms with Crippen molar-refractivity contribution in [3.63, 3.8) is 0 Å². The van der Waals surface area contributed by atoms with E-state index in [0.717, 1.165) is 37.2 Å². The first-order valence-corrected chi connectivity index (χ1v) is 9.90. The van der Waals surface area contributed by atoms with E-state index in [-0.39, 0.29) is 0 Å². The maximum Gasteiger partial charge on any atom is 0.0745 e. The summed E-state index contributed by atoms with van der Waals surface area (Å²) >= 11 is 14.0. The van der Waals surface area contributed by atoms with Gasteiger partial charge in [-0.15, -0.1) is 0 Å². The highest BCUT2D eigenvalue weighted by molar-refractivity contribution is 7.97. The minimum absolute atomic E-state index is 0.562. The first kappa shape index (κ1) is 19.1. The number of halogens is 2. The normalized spacial score (nSPS) is 17.8. The largest absolute Gasteiger partial charge is 0.389 e. The molecular formula is C18H23Cl2N3OS. The number of rotatable bonds is 4. The Kier molecular flexibility index (Phi) is 5.71. The van der Waals surface area contributed by atoms with Crippen LogP contribution in [0.4, 0.5) is 0 Å². The van der Waals surface area contributed by atoms with Crippen molar-refractivity contribution in [3.05, 3.63) is 45.2 Å². The van der Waals surface area contributed by atoms with Gasteiger partial charge in [-0.3, -0.25) is 4.68 Å². The van der Waals surface area contributed by atoms with E-state index in [1.165, 1.54) is 10.6 Å². The third kappa shape index (κ3) is 4.34. The van der Waals surface area contributed by atoms with Gasteiger partial charge in [0.1, 0.15) is 0 Å². The van der Waals surface area contributed by atoms with Gasteiger partial charge in [0.05, 0.1) is 21.9 Å². The molecule has 136 valence electrons. The summed E-state index contributed by atoms with van der Waals surface area (Å²) in [6.07, 6.45) is 2.00. The highest BCUT2D eigenvalue weighted by Gasteiger charge is 2.33. The lowest BCUT2D eigenvalue weighted by Gasteiger charge is -2.37. The van der Waals surface area contributed by atoms with Crippen molar-refractivity contribution in [2.45, 2.75) is 43.6 Å². The third-order valence-corrected chi connectivity index (χ3v) is 6.83. The molecule has 1 saturated heterocycles. The molecule has 0 radical (unpaired) electrons. The number of piperidine rings is 1. The van der Waals surface area contributed by atoms with Gasteiger partial charge in [-0.2, -0.15) is 5.10 Å². The fourth-order valence-electron chi connectivity index (χ4n) is 3.21. The standard InChI is InChI=1S/C18H23Cl2N3OS/c1-12-17(13(2)22(3)21-12)25-23-8-6-18(24,7-9-23)11-14-4-5-15(19)10-16(14)20/h4-5,10,24H,6-9,11H2,1-3H3. The SMILES string of the molecule is Cc1nn(C)c(C)c1SN1CCC(O)(Cc2ccc(Cl)cc2Cl)CC1. The molecule has 0 spiro atoms. The van der Waals surface area contributed by atoms with Crippen LogP contribution in [0.3, 0.4) is 0 Å². The number of hydrogen-bond acceptors (Lipinski definition) is 4. The van der Waals surface area contributed by atoms with Gasteiger partial charge < -0.3 is 5.11 Å². The Hall–Kier alpha value is -0.720. The van der Waals surface area contributed by atoms with E-state index >= 15 is 0 Å². The molecule has 1 N–H and O–H groups in total. The average molecular weight is 400 g/mol. The van der Waals surface area contributed by atoms with Crippen molar-refractivity contribution < 1.29 is 5.11 Å². The molecule has 0 saturated carbocycles. The Bertz CT molecular complexity index is 770. The first-order chi connectivity index (χ1) is 11.8. The Balaban J connectivity index is 1.62. The second kappa shape index (κ2) is 7.49. The van der Waals surface area contributed by atoms with Gasteiger partial charge in [0, 0.05) is 36.6 Å². The van der Waals surface area contributed by atoms with E-state index < -0.39 is 5.60 Å². The zero-order chi connectivity index (χ0) is 18.2. The molecule has 0 unspecified atom stereocenters. The van der Waals surface area contributed by atoms with Gasteiger partial charge in [-0.05, 0) is 56.3 Å². The fourth-order valence-corrected chi connectivity index (χ4v) is 4.74. The highest BCUT2D eigenvalue weighted by atomic mass is 35.5. The molecule has 25 heavy (non-hydrogen) atoms. The zero-order valence-corrected chi connectivity index (χ0v) is 17.0. The molecule has 0 aliphatic carbocycles. The number of aliphatic hydroxyl groups is 1. The minimum Gasteiger partial charge on any atom is -0.389 e. The van der Waals surface area contributed by atoms with Gasteiger partial charge in [0.2, 0.25) is 0 Å². The van der Waals surface area contributed by atoms with Crippen LogP contribution in [-0.4, -0.2) is 37.9 Å². The van der Waals surface area contributed by atoms with E-state index in [2.05, 4.69) is 16.3 Å². The summed E-state index contributed by atoms with van der Waals surface area (Å²) in [4.78, 5) is 1.22. The molecule has 0 atom stereocenters. The minimum atomic E-state index is -0.715. The molecular weight excluding hydrogens is 377 g/mol. The summed E-state index contributed by atoms with van der Waals surface area (Å²) in [7, 11) is 1.97. The number of hydrogen-bond donors (Lipinski definition) is 1. The average Bonchev–Trinajstić information content (AvgIpc) is 2.79. The Labute approximate surface area is 163 Å². The smallest absolute Gasteiger partial charge is 0.0745 e. The van der Waals surface area contributed by atoms with Crippen molar-refractivity contribution in [1.29, 1.82) is 0 Å². The summed E-state index contributed by atoms with van der Waals surface area (Å²) in [5.74, 6) is 0. The predicted octanol–water partition coefficient (Wildman–Crippen LogP) is 4.42. The lowest BCUT2D eigenvalue weighted by molar-refractivity contribution is -0.00284. The van der Waals surface area contributed by atoms with Crippen molar-refractivity contribution in [1.82, 2.24) is 14.1 Å². The molecule has 7 heteroatoms. The van der Waals surface area contributed by atoms with Crippen LogP contribution in [0.25, 0.3) is 0 Å². The third-order valence-electron chi connectivity index (χ3n) is 4.85. The maximum atomic E-state index is 11.0. The van der Waals surface area contributed by atoms with Gasteiger partial charge in [0.25, 0.3) is 0 Å².